The van der Waals surface area contributed by atoms with Gasteiger partial charge in [-0.25, -0.2) is 8.42 Å². The molecule has 1 aromatic carbocycles. The summed E-state index contributed by atoms with van der Waals surface area (Å²) in [7, 11) is -3.53. The lowest BCUT2D eigenvalue weighted by Crippen LogP contribution is -2.37. The van der Waals surface area contributed by atoms with Crippen LogP contribution in [-0.4, -0.2) is 39.3 Å². The predicted octanol–water partition coefficient (Wildman–Crippen LogP) is 2.54. The van der Waals surface area contributed by atoms with Crippen molar-refractivity contribution >= 4 is 21.6 Å². The average molecular weight is 356 g/mol. The molecule has 0 spiro atoms. The van der Waals surface area contributed by atoms with Crippen molar-refractivity contribution in [2.24, 2.45) is 0 Å². The second-order valence-corrected chi connectivity index (χ2v) is 8.00. The molecule has 0 fully saturated rings. The Morgan fingerprint density at radius 1 is 1.25 bits per heavy atom. The van der Waals surface area contributed by atoms with Gasteiger partial charge in [0.25, 0.3) is 0 Å². The molecule has 1 amide bonds. The van der Waals surface area contributed by atoms with E-state index in [1.165, 1.54) is 4.31 Å². The van der Waals surface area contributed by atoms with Gasteiger partial charge >= 0.3 is 0 Å². The van der Waals surface area contributed by atoms with Crippen molar-refractivity contribution in [1.29, 1.82) is 0 Å². The molecule has 1 aromatic rings. The summed E-state index contributed by atoms with van der Waals surface area (Å²) >= 11 is 0. The summed E-state index contributed by atoms with van der Waals surface area (Å²) in [5, 5.41) is 2.84. The number of hydrogen-bond donors (Lipinski definition) is 1. The van der Waals surface area contributed by atoms with E-state index in [1.54, 1.807) is 24.3 Å². The molecule has 7 heteroatoms. The third-order valence-electron chi connectivity index (χ3n) is 3.46. The van der Waals surface area contributed by atoms with E-state index in [4.69, 9.17) is 4.74 Å². The Morgan fingerprint density at radius 3 is 2.42 bits per heavy atom. The van der Waals surface area contributed by atoms with Crippen LogP contribution in [-0.2, 0) is 14.8 Å². The van der Waals surface area contributed by atoms with Crippen LogP contribution in [0.2, 0.25) is 0 Å². The Morgan fingerprint density at radius 2 is 1.88 bits per heavy atom. The highest BCUT2D eigenvalue weighted by atomic mass is 32.2. The first-order chi connectivity index (χ1) is 11.1. The van der Waals surface area contributed by atoms with Crippen molar-refractivity contribution in [3.8, 4) is 5.75 Å². The summed E-state index contributed by atoms with van der Waals surface area (Å²) in [4.78, 5) is 12.0. The molecule has 1 unspecified atom stereocenters. The van der Waals surface area contributed by atoms with Crippen molar-refractivity contribution in [1.82, 2.24) is 5.32 Å². The Labute approximate surface area is 145 Å². The molecule has 1 rings (SSSR count). The second-order valence-electron chi connectivity index (χ2n) is 6.10. The maximum atomic E-state index is 12.2. The van der Waals surface area contributed by atoms with E-state index in [1.807, 2.05) is 27.7 Å². The van der Waals surface area contributed by atoms with E-state index in [9.17, 15) is 13.2 Å². The fourth-order valence-electron chi connectivity index (χ4n) is 2.13. The first-order valence-electron chi connectivity index (χ1n) is 8.17. The summed E-state index contributed by atoms with van der Waals surface area (Å²) in [6, 6.07) is 7.02. The van der Waals surface area contributed by atoms with Crippen molar-refractivity contribution in [2.75, 3.05) is 17.1 Å². The van der Waals surface area contributed by atoms with Gasteiger partial charge in [0.2, 0.25) is 15.9 Å². The fraction of sp³-hybridized carbons (Fsp3) is 0.588. The van der Waals surface area contributed by atoms with Gasteiger partial charge < -0.3 is 10.1 Å². The van der Waals surface area contributed by atoms with Gasteiger partial charge in [-0.2, -0.15) is 0 Å². The molecular formula is C17H28N2O4S. The van der Waals surface area contributed by atoms with Crippen LogP contribution in [0.25, 0.3) is 0 Å². The van der Waals surface area contributed by atoms with Crippen LogP contribution in [0, 0.1) is 0 Å². The van der Waals surface area contributed by atoms with Crippen LogP contribution >= 0.6 is 0 Å². The van der Waals surface area contributed by atoms with E-state index < -0.39 is 10.0 Å². The number of rotatable bonds is 9. The molecule has 0 heterocycles. The van der Waals surface area contributed by atoms with Gasteiger partial charge in [0.15, 0.2) is 0 Å². The number of ether oxygens (including phenoxy) is 1. The van der Waals surface area contributed by atoms with E-state index in [2.05, 4.69) is 5.32 Å². The number of nitrogens with one attached hydrogen (secondary N) is 1. The van der Waals surface area contributed by atoms with Gasteiger partial charge in [0.05, 0.1) is 18.0 Å². The number of carbonyl (C=O) groups excluding carboxylic acids is 1. The zero-order chi connectivity index (χ0) is 18.3. The van der Waals surface area contributed by atoms with Crippen LogP contribution in [0.1, 0.15) is 40.5 Å². The van der Waals surface area contributed by atoms with Crippen LogP contribution < -0.4 is 14.4 Å². The van der Waals surface area contributed by atoms with Gasteiger partial charge in [0.1, 0.15) is 5.75 Å². The van der Waals surface area contributed by atoms with Gasteiger partial charge in [-0.3, -0.25) is 9.10 Å². The smallest absolute Gasteiger partial charge is 0.232 e. The zero-order valence-corrected chi connectivity index (χ0v) is 15.9. The highest BCUT2D eigenvalue weighted by molar-refractivity contribution is 7.92. The van der Waals surface area contributed by atoms with Gasteiger partial charge in [0, 0.05) is 19.0 Å². The third kappa shape index (κ3) is 6.39. The minimum atomic E-state index is -3.53. The summed E-state index contributed by atoms with van der Waals surface area (Å²) in [5.74, 6) is 0.320. The highest BCUT2D eigenvalue weighted by Crippen LogP contribution is 2.30. The minimum absolute atomic E-state index is 0.0690. The number of benzene rings is 1. The quantitative estimate of drug-likeness (QED) is 0.738. The van der Waals surface area contributed by atoms with Gasteiger partial charge in [-0.15, -0.1) is 0 Å². The van der Waals surface area contributed by atoms with Crippen molar-refractivity contribution in [3.63, 3.8) is 0 Å². The van der Waals surface area contributed by atoms with Crippen molar-refractivity contribution < 1.29 is 17.9 Å². The van der Waals surface area contributed by atoms with Crippen molar-refractivity contribution in [3.05, 3.63) is 24.3 Å². The molecule has 136 valence electrons. The lowest BCUT2D eigenvalue weighted by molar-refractivity contribution is -0.121. The largest absolute Gasteiger partial charge is 0.489 e. The Balaban J connectivity index is 2.98. The first kappa shape index (κ1) is 20.3. The topological polar surface area (TPSA) is 75.7 Å². The number of nitrogens with zero attached hydrogens (tertiary/aromatic N) is 1. The monoisotopic (exact) mass is 356 g/mol. The summed E-state index contributed by atoms with van der Waals surface area (Å²) < 4.78 is 31.3. The molecule has 0 aliphatic carbocycles. The standard InChI is InChI=1S/C17H28N2O4S/c1-6-14(4)18-17(20)11-12-19(24(5,21)22)15-9-7-8-10-16(15)23-13(2)3/h7-10,13-14H,6,11-12H2,1-5H3,(H,18,20). The van der Waals surface area contributed by atoms with Crippen molar-refractivity contribution in [2.45, 2.75) is 52.7 Å². The second kappa shape index (κ2) is 8.92. The molecule has 0 saturated heterocycles. The molecule has 0 saturated carbocycles. The zero-order valence-electron chi connectivity index (χ0n) is 15.1. The van der Waals surface area contributed by atoms with E-state index >= 15 is 0 Å². The van der Waals surface area contributed by atoms with Gasteiger partial charge in [-0.1, -0.05) is 19.1 Å². The summed E-state index contributed by atoms with van der Waals surface area (Å²) in [6.07, 6.45) is 1.97. The maximum absolute atomic E-state index is 12.2. The first-order valence-corrected chi connectivity index (χ1v) is 10.0. The highest BCUT2D eigenvalue weighted by Gasteiger charge is 2.22. The number of para-hydroxylation sites is 2. The molecule has 0 aromatic heterocycles. The molecule has 1 atom stereocenters. The molecule has 6 nitrogen and oxygen atoms in total. The number of carbonyl (C=O) groups is 1. The number of amides is 1. The number of hydrogen-bond acceptors (Lipinski definition) is 4. The van der Waals surface area contributed by atoms with E-state index in [-0.39, 0.29) is 31.0 Å². The SMILES string of the molecule is CCC(C)NC(=O)CCN(c1ccccc1OC(C)C)S(C)(=O)=O. The third-order valence-corrected chi connectivity index (χ3v) is 4.64. The average Bonchev–Trinajstić information content (AvgIpc) is 2.47. The normalized spacial score (nSPS) is 12.8. The maximum Gasteiger partial charge on any atom is 0.232 e. The number of sulfonamides is 1. The Bertz CT molecular complexity index is 644. The van der Waals surface area contributed by atoms with Crippen LogP contribution in [0.3, 0.4) is 0 Å². The van der Waals surface area contributed by atoms with Crippen LogP contribution in [0.15, 0.2) is 24.3 Å². The molecular weight excluding hydrogens is 328 g/mol. The van der Waals surface area contributed by atoms with Crippen LogP contribution in [0.5, 0.6) is 5.75 Å². The lowest BCUT2D eigenvalue weighted by atomic mass is 10.2. The lowest BCUT2D eigenvalue weighted by Gasteiger charge is -2.25. The summed E-state index contributed by atoms with van der Waals surface area (Å²) in [5.41, 5.74) is 0.449. The minimum Gasteiger partial charge on any atom is -0.489 e. The van der Waals surface area contributed by atoms with Crippen LogP contribution in [0.4, 0.5) is 5.69 Å². The Kier molecular flexibility index (Phi) is 7.54. The Hall–Kier alpha value is -1.76. The van der Waals surface area contributed by atoms with E-state index in [0.29, 0.717) is 11.4 Å². The molecule has 0 radical (unpaired) electrons. The molecule has 0 aliphatic rings. The van der Waals surface area contributed by atoms with E-state index in [0.717, 1.165) is 12.7 Å². The van der Waals surface area contributed by atoms with Gasteiger partial charge in [-0.05, 0) is 39.3 Å². The summed E-state index contributed by atoms with van der Waals surface area (Å²) in [6.45, 7) is 7.72. The molecule has 1 N–H and O–H groups in total. The molecule has 24 heavy (non-hydrogen) atoms. The number of anilines is 1. The molecule has 0 aliphatic heterocycles. The predicted molar refractivity (Wildman–Crippen MR) is 96.9 cm³/mol. The fourth-order valence-corrected chi connectivity index (χ4v) is 3.06. The molecule has 0 bridgehead atoms.